The first-order valence-electron chi connectivity index (χ1n) is 7.00. The lowest BCUT2D eigenvalue weighted by Crippen LogP contribution is -1.96. The number of rotatable bonds is 5. The predicted molar refractivity (Wildman–Crippen MR) is 95.3 cm³/mol. The fourth-order valence-corrected chi connectivity index (χ4v) is 3.12. The van der Waals surface area contributed by atoms with E-state index in [4.69, 9.17) is 21.1 Å². The van der Waals surface area contributed by atoms with E-state index >= 15 is 0 Å². The highest BCUT2D eigenvalue weighted by Crippen LogP contribution is 2.38. The third-order valence-electron chi connectivity index (χ3n) is 3.36. The van der Waals surface area contributed by atoms with E-state index in [9.17, 15) is 4.39 Å². The number of nitrogens with one attached hydrogen (secondary N) is 1. The molecular weight excluding hydrogens is 351 g/mol. The van der Waals surface area contributed by atoms with Gasteiger partial charge in [-0.15, -0.1) is 11.3 Å². The Bertz CT molecular complexity index is 852. The number of halogens is 2. The molecule has 4 nitrogen and oxygen atoms in total. The van der Waals surface area contributed by atoms with Gasteiger partial charge in [0.05, 0.1) is 30.6 Å². The molecule has 0 fully saturated rings. The van der Waals surface area contributed by atoms with Crippen molar-refractivity contribution in [2.45, 2.75) is 0 Å². The second kappa shape index (κ2) is 7.07. The Morgan fingerprint density at radius 1 is 1.08 bits per heavy atom. The topological polar surface area (TPSA) is 43.4 Å². The summed E-state index contributed by atoms with van der Waals surface area (Å²) in [6.07, 6.45) is 0. The molecule has 0 amide bonds. The number of ether oxygens (including phenoxy) is 2. The monoisotopic (exact) mass is 364 g/mol. The maximum Gasteiger partial charge on any atom is 0.187 e. The van der Waals surface area contributed by atoms with E-state index in [1.54, 1.807) is 38.5 Å². The second-order valence-electron chi connectivity index (χ2n) is 4.86. The molecule has 7 heteroatoms. The van der Waals surface area contributed by atoms with E-state index in [-0.39, 0.29) is 5.82 Å². The molecule has 0 atom stereocenters. The summed E-state index contributed by atoms with van der Waals surface area (Å²) in [5.41, 5.74) is 2.31. The van der Waals surface area contributed by atoms with Gasteiger partial charge in [-0.05, 0) is 24.3 Å². The van der Waals surface area contributed by atoms with Crippen LogP contribution in [-0.4, -0.2) is 19.2 Å². The molecule has 0 aliphatic carbocycles. The van der Waals surface area contributed by atoms with Crippen molar-refractivity contribution in [2.24, 2.45) is 0 Å². The van der Waals surface area contributed by atoms with Gasteiger partial charge in [-0.25, -0.2) is 9.37 Å². The van der Waals surface area contributed by atoms with Crippen LogP contribution < -0.4 is 14.8 Å². The van der Waals surface area contributed by atoms with Crippen LogP contribution in [0.25, 0.3) is 11.3 Å². The Hall–Kier alpha value is -2.31. The minimum atomic E-state index is -0.273. The molecule has 0 aliphatic rings. The Kier molecular flexibility index (Phi) is 4.87. The number of aromatic nitrogens is 1. The Morgan fingerprint density at radius 3 is 2.46 bits per heavy atom. The number of hydrogen-bond donors (Lipinski definition) is 1. The molecule has 2 aromatic carbocycles. The molecule has 1 aromatic heterocycles. The zero-order valence-electron chi connectivity index (χ0n) is 13.0. The fourth-order valence-electron chi connectivity index (χ4n) is 2.16. The molecule has 0 aliphatic heterocycles. The Balaban J connectivity index is 1.88. The van der Waals surface area contributed by atoms with Crippen molar-refractivity contribution < 1.29 is 13.9 Å². The van der Waals surface area contributed by atoms with Crippen LogP contribution in [-0.2, 0) is 0 Å². The third-order valence-corrected chi connectivity index (χ3v) is 4.41. The number of hydrogen-bond acceptors (Lipinski definition) is 5. The summed E-state index contributed by atoms with van der Waals surface area (Å²) in [7, 11) is 3.11. The van der Waals surface area contributed by atoms with Crippen molar-refractivity contribution in [3.05, 3.63) is 52.6 Å². The molecule has 1 heterocycles. The number of thiazole rings is 1. The van der Waals surface area contributed by atoms with Crippen LogP contribution in [0.1, 0.15) is 0 Å². The molecule has 0 unspecified atom stereocenters. The van der Waals surface area contributed by atoms with Gasteiger partial charge in [0.25, 0.3) is 0 Å². The molecule has 0 radical (unpaired) electrons. The Labute approximate surface area is 147 Å². The van der Waals surface area contributed by atoms with Crippen molar-refractivity contribution in [1.82, 2.24) is 4.98 Å². The molecule has 124 valence electrons. The quantitative estimate of drug-likeness (QED) is 0.661. The highest BCUT2D eigenvalue weighted by Gasteiger charge is 2.12. The first-order valence-corrected chi connectivity index (χ1v) is 8.26. The SMILES string of the molecule is COc1cc(Nc2nc(-c3ccc(F)cc3)cs2)c(OC)cc1Cl. The van der Waals surface area contributed by atoms with Gasteiger partial charge < -0.3 is 14.8 Å². The fraction of sp³-hybridized carbons (Fsp3) is 0.118. The van der Waals surface area contributed by atoms with Crippen LogP contribution in [0.2, 0.25) is 5.02 Å². The first-order chi connectivity index (χ1) is 11.6. The van der Waals surface area contributed by atoms with E-state index < -0.39 is 0 Å². The lowest BCUT2D eigenvalue weighted by atomic mass is 10.2. The summed E-state index contributed by atoms with van der Waals surface area (Å²) >= 11 is 7.54. The van der Waals surface area contributed by atoms with Crippen molar-refractivity contribution in [1.29, 1.82) is 0 Å². The standard InChI is InChI=1S/C17H14ClFN2O2S/c1-22-15-8-13(16(23-2)7-12(15)18)20-17-21-14(9-24-17)10-3-5-11(19)6-4-10/h3-9H,1-2H3,(H,20,21). The molecular formula is C17H14ClFN2O2S. The van der Waals surface area contributed by atoms with Crippen LogP contribution in [0.3, 0.4) is 0 Å². The third kappa shape index (κ3) is 3.44. The van der Waals surface area contributed by atoms with Crippen LogP contribution in [0.4, 0.5) is 15.2 Å². The summed E-state index contributed by atoms with van der Waals surface area (Å²) in [5.74, 6) is 0.847. The van der Waals surface area contributed by atoms with Gasteiger partial charge in [0.2, 0.25) is 0 Å². The van der Waals surface area contributed by atoms with Gasteiger partial charge in [0.15, 0.2) is 5.13 Å². The van der Waals surface area contributed by atoms with Gasteiger partial charge >= 0.3 is 0 Å². The van der Waals surface area contributed by atoms with Crippen LogP contribution in [0, 0.1) is 5.82 Å². The van der Waals surface area contributed by atoms with Gasteiger partial charge in [0.1, 0.15) is 17.3 Å². The largest absolute Gasteiger partial charge is 0.495 e. The van der Waals surface area contributed by atoms with E-state index in [0.29, 0.717) is 27.3 Å². The summed E-state index contributed by atoms with van der Waals surface area (Å²) in [6, 6.07) is 9.64. The van der Waals surface area contributed by atoms with Crippen LogP contribution in [0.15, 0.2) is 41.8 Å². The zero-order valence-corrected chi connectivity index (χ0v) is 14.5. The van der Waals surface area contributed by atoms with Crippen LogP contribution >= 0.6 is 22.9 Å². The zero-order chi connectivity index (χ0) is 17.1. The number of nitrogens with zero attached hydrogens (tertiary/aromatic N) is 1. The normalized spacial score (nSPS) is 10.5. The van der Waals surface area contributed by atoms with Gasteiger partial charge in [-0.2, -0.15) is 0 Å². The van der Waals surface area contributed by atoms with Crippen LogP contribution in [0.5, 0.6) is 11.5 Å². The molecule has 0 saturated heterocycles. The molecule has 3 aromatic rings. The minimum absolute atomic E-state index is 0.273. The Morgan fingerprint density at radius 2 is 1.79 bits per heavy atom. The smallest absolute Gasteiger partial charge is 0.187 e. The first kappa shape index (κ1) is 16.5. The van der Waals surface area contributed by atoms with Gasteiger partial charge in [-0.3, -0.25) is 0 Å². The number of benzene rings is 2. The predicted octanol–water partition coefficient (Wildman–Crippen LogP) is 5.36. The van der Waals surface area contributed by atoms with Gasteiger partial charge in [-0.1, -0.05) is 11.6 Å². The van der Waals surface area contributed by atoms with E-state index in [0.717, 1.165) is 11.3 Å². The summed E-state index contributed by atoms with van der Waals surface area (Å²) < 4.78 is 23.6. The molecule has 0 spiro atoms. The van der Waals surface area contributed by atoms with Crippen molar-refractivity contribution in [3.63, 3.8) is 0 Å². The van der Waals surface area contributed by atoms with Crippen molar-refractivity contribution >= 4 is 33.8 Å². The van der Waals surface area contributed by atoms with Crippen molar-refractivity contribution in [2.75, 3.05) is 19.5 Å². The molecule has 3 rings (SSSR count). The molecule has 0 bridgehead atoms. The average molecular weight is 365 g/mol. The van der Waals surface area contributed by atoms with E-state index in [1.807, 2.05) is 5.38 Å². The van der Waals surface area contributed by atoms with Crippen molar-refractivity contribution in [3.8, 4) is 22.8 Å². The summed E-state index contributed by atoms with van der Waals surface area (Å²) in [4.78, 5) is 4.51. The highest BCUT2D eigenvalue weighted by atomic mass is 35.5. The van der Waals surface area contributed by atoms with E-state index in [2.05, 4.69) is 10.3 Å². The molecule has 1 N–H and O–H groups in total. The van der Waals surface area contributed by atoms with Gasteiger partial charge in [0, 0.05) is 23.1 Å². The lowest BCUT2D eigenvalue weighted by Gasteiger charge is -2.12. The summed E-state index contributed by atoms with van der Waals surface area (Å²) in [5, 5.41) is 6.24. The second-order valence-corrected chi connectivity index (χ2v) is 6.12. The summed E-state index contributed by atoms with van der Waals surface area (Å²) in [6.45, 7) is 0. The van der Waals surface area contributed by atoms with E-state index in [1.165, 1.54) is 23.5 Å². The maximum absolute atomic E-state index is 13.0. The molecule has 0 saturated carbocycles. The number of anilines is 2. The molecule has 24 heavy (non-hydrogen) atoms. The maximum atomic E-state index is 13.0. The number of methoxy groups -OCH3 is 2. The average Bonchev–Trinajstić information content (AvgIpc) is 3.05. The lowest BCUT2D eigenvalue weighted by molar-refractivity contribution is 0.405. The minimum Gasteiger partial charge on any atom is -0.495 e. The highest BCUT2D eigenvalue weighted by molar-refractivity contribution is 7.14.